The van der Waals surface area contributed by atoms with Crippen LogP contribution in [-0.2, 0) is 13.0 Å². The summed E-state index contributed by atoms with van der Waals surface area (Å²) >= 11 is 8.31. The molecule has 0 fully saturated rings. The highest BCUT2D eigenvalue weighted by molar-refractivity contribution is 7.15. The van der Waals surface area contributed by atoms with Gasteiger partial charge in [0.25, 0.3) is 0 Å². The first kappa shape index (κ1) is 17.4. The first-order valence-electron chi connectivity index (χ1n) is 9.02. The van der Waals surface area contributed by atoms with E-state index in [1.807, 2.05) is 42.5 Å². The standard InChI is InChI=1S/C20H21ClN4S/c1-3-4-5-8-14-11-16-19(15-9-6-7-10-17(15)21)22-12-18-24-23-13(2)25(18)20(16)26-14/h6-7,9-11H,3-5,8,12H2,1-2H3. The van der Waals surface area contributed by atoms with E-state index in [1.54, 1.807) is 0 Å². The van der Waals surface area contributed by atoms with Crippen LogP contribution in [0.4, 0.5) is 0 Å². The summed E-state index contributed by atoms with van der Waals surface area (Å²) in [6.45, 7) is 4.74. The van der Waals surface area contributed by atoms with E-state index < -0.39 is 0 Å². The Kier molecular flexibility index (Phi) is 4.92. The first-order valence-corrected chi connectivity index (χ1v) is 10.2. The molecule has 1 aliphatic heterocycles. The monoisotopic (exact) mass is 384 g/mol. The van der Waals surface area contributed by atoms with Crippen LogP contribution >= 0.6 is 22.9 Å². The number of hydrogen-bond donors (Lipinski definition) is 0. The van der Waals surface area contributed by atoms with Gasteiger partial charge in [0.1, 0.15) is 17.4 Å². The number of thiophene rings is 1. The molecule has 4 rings (SSSR count). The maximum atomic E-state index is 6.49. The quantitative estimate of drug-likeness (QED) is 0.554. The van der Waals surface area contributed by atoms with E-state index in [1.165, 1.54) is 24.1 Å². The van der Waals surface area contributed by atoms with Crippen LogP contribution in [0, 0.1) is 6.92 Å². The highest BCUT2D eigenvalue weighted by Crippen LogP contribution is 2.35. The lowest BCUT2D eigenvalue weighted by molar-refractivity contribution is 0.722. The molecule has 6 heteroatoms. The smallest absolute Gasteiger partial charge is 0.160 e. The van der Waals surface area contributed by atoms with E-state index in [0.717, 1.165) is 44.9 Å². The van der Waals surface area contributed by atoms with Crippen LogP contribution in [0.1, 0.15) is 53.8 Å². The molecule has 134 valence electrons. The summed E-state index contributed by atoms with van der Waals surface area (Å²) in [5.74, 6) is 1.78. The number of hydrogen-bond acceptors (Lipinski definition) is 4. The molecule has 3 aromatic rings. The van der Waals surface area contributed by atoms with E-state index in [9.17, 15) is 0 Å². The molecule has 0 saturated carbocycles. The van der Waals surface area contributed by atoms with Crippen LogP contribution < -0.4 is 0 Å². The predicted octanol–water partition coefficient (Wildman–Crippen LogP) is 5.37. The van der Waals surface area contributed by atoms with Crippen molar-refractivity contribution in [2.75, 3.05) is 0 Å². The van der Waals surface area contributed by atoms with Gasteiger partial charge in [-0.15, -0.1) is 21.5 Å². The number of fused-ring (bicyclic) bond motifs is 3. The molecule has 4 nitrogen and oxygen atoms in total. The zero-order valence-corrected chi connectivity index (χ0v) is 16.6. The largest absolute Gasteiger partial charge is 0.276 e. The topological polar surface area (TPSA) is 43.1 Å². The summed E-state index contributed by atoms with van der Waals surface area (Å²) in [7, 11) is 0. The van der Waals surface area contributed by atoms with Gasteiger partial charge in [-0.1, -0.05) is 49.6 Å². The van der Waals surface area contributed by atoms with Gasteiger partial charge in [-0.05, 0) is 31.9 Å². The van der Waals surface area contributed by atoms with Crippen molar-refractivity contribution in [1.29, 1.82) is 0 Å². The minimum atomic E-state index is 0.508. The van der Waals surface area contributed by atoms with Crippen molar-refractivity contribution in [1.82, 2.24) is 14.8 Å². The van der Waals surface area contributed by atoms with E-state index in [4.69, 9.17) is 16.6 Å². The van der Waals surface area contributed by atoms with Gasteiger partial charge in [0.2, 0.25) is 0 Å². The molecule has 0 saturated heterocycles. The average Bonchev–Trinajstić information content (AvgIpc) is 3.16. The fourth-order valence-corrected chi connectivity index (χ4v) is 4.82. The van der Waals surface area contributed by atoms with Crippen LogP contribution in [0.15, 0.2) is 35.3 Å². The molecular formula is C20H21ClN4S. The van der Waals surface area contributed by atoms with Crippen LogP contribution in [0.3, 0.4) is 0 Å². The number of aromatic nitrogens is 3. The Morgan fingerprint density at radius 3 is 2.81 bits per heavy atom. The van der Waals surface area contributed by atoms with Gasteiger partial charge in [-0.25, -0.2) is 0 Å². The molecule has 0 radical (unpaired) electrons. The van der Waals surface area contributed by atoms with E-state index in [2.05, 4.69) is 27.8 Å². The van der Waals surface area contributed by atoms with Gasteiger partial charge in [-0.2, -0.15) is 0 Å². The highest BCUT2D eigenvalue weighted by atomic mass is 35.5. The van der Waals surface area contributed by atoms with Crippen LogP contribution in [-0.4, -0.2) is 20.5 Å². The Morgan fingerprint density at radius 2 is 2.00 bits per heavy atom. The van der Waals surface area contributed by atoms with Gasteiger partial charge in [-0.3, -0.25) is 9.56 Å². The highest BCUT2D eigenvalue weighted by Gasteiger charge is 2.25. The van der Waals surface area contributed by atoms with Crippen molar-refractivity contribution in [3.63, 3.8) is 0 Å². The fourth-order valence-electron chi connectivity index (χ4n) is 3.33. The zero-order chi connectivity index (χ0) is 18.1. The maximum absolute atomic E-state index is 6.49. The van der Waals surface area contributed by atoms with Gasteiger partial charge >= 0.3 is 0 Å². The Hall–Kier alpha value is -1.98. The molecular weight excluding hydrogens is 364 g/mol. The van der Waals surface area contributed by atoms with Crippen molar-refractivity contribution in [2.24, 2.45) is 4.99 Å². The second-order valence-electron chi connectivity index (χ2n) is 6.53. The third-order valence-corrected chi connectivity index (χ3v) is 6.16. The molecule has 0 bridgehead atoms. The van der Waals surface area contributed by atoms with Crippen LogP contribution in [0.25, 0.3) is 5.00 Å². The van der Waals surface area contributed by atoms with Crippen molar-refractivity contribution < 1.29 is 0 Å². The summed E-state index contributed by atoms with van der Waals surface area (Å²) in [4.78, 5) is 6.25. The molecule has 0 amide bonds. The number of nitrogens with zero attached hydrogens (tertiary/aromatic N) is 4. The first-order chi connectivity index (χ1) is 12.7. The molecule has 2 aromatic heterocycles. The Bertz CT molecular complexity index is 970. The van der Waals surface area contributed by atoms with Crippen LogP contribution in [0.5, 0.6) is 0 Å². The Labute approximate surface area is 162 Å². The lowest BCUT2D eigenvalue weighted by atomic mass is 10.0. The van der Waals surface area contributed by atoms with E-state index in [0.29, 0.717) is 6.54 Å². The number of unbranched alkanes of at least 4 members (excludes halogenated alkanes) is 2. The molecule has 0 unspecified atom stereocenters. The number of halogens is 1. The molecule has 26 heavy (non-hydrogen) atoms. The van der Waals surface area contributed by atoms with E-state index >= 15 is 0 Å². The van der Waals surface area contributed by atoms with Crippen molar-refractivity contribution in [2.45, 2.75) is 46.1 Å². The molecule has 3 heterocycles. The fraction of sp³-hybridized carbons (Fsp3) is 0.350. The second kappa shape index (κ2) is 7.33. The molecule has 0 aliphatic carbocycles. The average molecular weight is 385 g/mol. The second-order valence-corrected chi connectivity index (χ2v) is 8.05. The Balaban J connectivity index is 1.85. The molecule has 0 N–H and O–H groups in total. The summed E-state index contributed by atoms with van der Waals surface area (Å²) in [5, 5.41) is 10.5. The van der Waals surface area contributed by atoms with E-state index in [-0.39, 0.29) is 0 Å². The molecule has 0 atom stereocenters. The Morgan fingerprint density at radius 1 is 1.15 bits per heavy atom. The summed E-state index contributed by atoms with van der Waals surface area (Å²) in [6, 6.07) is 10.2. The predicted molar refractivity (Wildman–Crippen MR) is 108 cm³/mol. The number of aliphatic imine (C=N–C) groups is 1. The van der Waals surface area contributed by atoms with Gasteiger partial charge in [0.15, 0.2) is 5.82 Å². The molecule has 1 aromatic carbocycles. The van der Waals surface area contributed by atoms with Crippen molar-refractivity contribution >= 4 is 28.6 Å². The lowest BCUT2D eigenvalue weighted by Gasteiger charge is -2.08. The van der Waals surface area contributed by atoms with Gasteiger partial charge in [0, 0.05) is 21.0 Å². The molecule has 1 aliphatic rings. The van der Waals surface area contributed by atoms with Crippen molar-refractivity contribution in [3.8, 4) is 5.00 Å². The minimum absolute atomic E-state index is 0.508. The minimum Gasteiger partial charge on any atom is -0.276 e. The third-order valence-electron chi connectivity index (χ3n) is 4.65. The number of rotatable bonds is 5. The number of aryl methyl sites for hydroxylation is 2. The normalized spacial score (nSPS) is 13.1. The van der Waals surface area contributed by atoms with Gasteiger partial charge < -0.3 is 0 Å². The maximum Gasteiger partial charge on any atom is 0.160 e. The summed E-state index contributed by atoms with van der Waals surface area (Å²) < 4.78 is 2.15. The lowest BCUT2D eigenvalue weighted by Crippen LogP contribution is -2.05. The molecule has 0 spiro atoms. The number of benzene rings is 1. The summed E-state index contributed by atoms with van der Waals surface area (Å²) in [5.41, 5.74) is 3.06. The third kappa shape index (κ3) is 3.10. The SMILES string of the molecule is CCCCCc1cc2c(s1)-n1c(C)nnc1CN=C2c1ccccc1Cl. The summed E-state index contributed by atoms with van der Waals surface area (Å²) in [6.07, 6.45) is 4.79. The van der Waals surface area contributed by atoms with Crippen molar-refractivity contribution in [3.05, 3.63) is 63.0 Å². The van der Waals surface area contributed by atoms with Gasteiger partial charge in [0.05, 0.1) is 5.71 Å². The van der Waals surface area contributed by atoms with Crippen LogP contribution in [0.2, 0.25) is 5.02 Å². The zero-order valence-electron chi connectivity index (χ0n) is 15.0.